The van der Waals surface area contributed by atoms with Gasteiger partial charge in [-0.25, -0.2) is 0 Å². The molecule has 98 valence electrons. The van der Waals surface area contributed by atoms with E-state index in [-0.39, 0.29) is 0 Å². The van der Waals surface area contributed by atoms with Crippen molar-refractivity contribution in [3.63, 3.8) is 0 Å². The molecule has 0 saturated carbocycles. The van der Waals surface area contributed by atoms with Crippen LogP contribution in [-0.2, 0) is 6.42 Å². The van der Waals surface area contributed by atoms with E-state index in [0.29, 0.717) is 0 Å². The predicted molar refractivity (Wildman–Crippen MR) is 85.3 cm³/mol. The summed E-state index contributed by atoms with van der Waals surface area (Å²) in [6, 6.07) is 17.4. The molecule has 0 bridgehead atoms. The minimum atomic E-state index is 1.02. The zero-order valence-electron chi connectivity index (χ0n) is 11.5. The van der Waals surface area contributed by atoms with Gasteiger partial charge in [0.25, 0.3) is 0 Å². The van der Waals surface area contributed by atoms with Crippen molar-refractivity contribution < 1.29 is 0 Å². The van der Waals surface area contributed by atoms with Gasteiger partial charge >= 0.3 is 0 Å². The van der Waals surface area contributed by atoms with Crippen molar-refractivity contribution in [2.24, 2.45) is 0 Å². The van der Waals surface area contributed by atoms with Crippen molar-refractivity contribution >= 4 is 12.2 Å². The molecule has 0 aliphatic heterocycles. The highest BCUT2D eigenvalue weighted by molar-refractivity contribution is 5.82. The highest BCUT2D eigenvalue weighted by atomic mass is 14.7. The Morgan fingerprint density at radius 2 is 1.67 bits per heavy atom. The summed E-state index contributed by atoms with van der Waals surface area (Å²) in [5.74, 6) is 0. The highest BCUT2D eigenvalue weighted by Crippen LogP contribution is 2.25. The van der Waals surface area contributed by atoms with Gasteiger partial charge < -0.3 is 0 Å². The molecule has 0 fully saturated rings. The Balaban J connectivity index is 1.89. The first kappa shape index (κ1) is 11.0. The third-order valence-electron chi connectivity index (χ3n) is 4.52. The van der Waals surface area contributed by atoms with E-state index in [0.717, 1.165) is 12.1 Å². The second-order valence-electron chi connectivity index (χ2n) is 5.70. The molecule has 0 spiro atoms. The standard InChI is InChI=1S/C20H13N/c1-2-5-14-11-18-15(10-13(14)4-1)7-8-16-17-6-3-9-21-20(17)12-19(16)18/h1-9,11-12H,10H2. The zero-order valence-corrected chi connectivity index (χ0v) is 11.5. The molecule has 2 aromatic carbocycles. The minimum Gasteiger partial charge on any atom is -0.256 e. The molecule has 0 unspecified atom stereocenters. The summed E-state index contributed by atoms with van der Waals surface area (Å²) < 4.78 is 0. The quantitative estimate of drug-likeness (QED) is 0.420. The van der Waals surface area contributed by atoms with Gasteiger partial charge in [0, 0.05) is 11.8 Å². The van der Waals surface area contributed by atoms with Crippen LogP contribution in [0.1, 0.15) is 22.4 Å². The molecule has 1 nitrogen and oxygen atoms in total. The van der Waals surface area contributed by atoms with Crippen molar-refractivity contribution in [2.45, 2.75) is 6.42 Å². The molecule has 0 N–H and O–H groups in total. The largest absolute Gasteiger partial charge is 0.256 e. The molecule has 0 atom stereocenters. The van der Waals surface area contributed by atoms with E-state index in [2.05, 4.69) is 59.6 Å². The zero-order chi connectivity index (χ0) is 13.8. The smallest absolute Gasteiger partial charge is 0.0714 e. The monoisotopic (exact) mass is 267 g/mol. The molecule has 0 saturated heterocycles. The SMILES string of the molecule is C1=c2c(ccc3c2=Cc2ncccc2-3)Cc2ccccc21. The molecule has 21 heavy (non-hydrogen) atoms. The summed E-state index contributed by atoms with van der Waals surface area (Å²) >= 11 is 0. The van der Waals surface area contributed by atoms with Gasteiger partial charge in [0.05, 0.1) is 5.69 Å². The van der Waals surface area contributed by atoms with Crippen LogP contribution in [0.25, 0.3) is 23.3 Å². The minimum absolute atomic E-state index is 1.02. The summed E-state index contributed by atoms with van der Waals surface area (Å²) in [6.45, 7) is 0. The van der Waals surface area contributed by atoms with Crippen molar-refractivity contribution in [2.75, 3.05) is 0 Å². The molecule has 1 heterocycles. The van der Waals surface area contributed by atoms with Crippen molar-refractivity contribution in [1.29, 1.82) is 0 Å². The van der Waals surface area contributed by atoms with Crippen LogP contribution in [-0.4, -0.2) is 4.98 Å². The lowest BCUT2D eigenvalue weighted by atomic mass is 9.90. The lowest BCUT2D eigenvalue weighted by Crippen LogP contribution is -2.31. The number of nitrogens with zero attached hydrogens (tertiary/aromatic N) is 1. The van der Waals surface area contributed by atoms with Crippen molar-refractivity contribution in [3.05, 3.63) is 87.5 Å². The molecule has 5 rings (SSSR count). The normalized spacial score (nSPS) is 13.3. The lowest BCUT2D eigenvalue weighted by Gasteiger charge is -2.14. The molecule has 1 aromatic heterocycles. The van der Waals surface area contributed by atoms with E-state index in [4.69, 9.17) is 0 Å². The Bertz CT molecular complexity index is 1010. The molecular formula is C20H13N. The van der Waals surface area contributed by atoms with E-state index in [1.165, 1.54) is 38.3 Å². The van der Waals surface area contributed by atoms with Gasteiger partial charge in [0.15, 0.2) is 0 Å². The second-order valence-corrected chi connectivity index (χ2v) is 5.70. The molecule has 2 aliphatic rings. The summed E-state index contributed by atoms with van der Waals surface area (Å²) in [4.78, 5) is 4.50. The first-order valence-corrected chi connectivity index (χ1v) is 7.29. The number of fused-ring (bicyclic) bond motifs is 6. The summed E-state index contributed by atoms with van der Waals surface area (Å²) in [7, 11) is 0. The number of aromatic nitrogens is 1. The molecule has 2 aliphatic carbocycles. The predicted octanol–water partition coefficient (Wildman–Crippen LogP) is 2.62. The summed E-state index contributed by atoms with van der Waals surface area (Å²) in [5.41, 5.74) is 7.83. The Morgan fingerprint density at radius 1 is 0.714 bits per heavy atom. The maximum Gasteiger partial charge on any atom is 0.0714 e. The fraction of sp³-hybridized carbons (Fsp3) is 0.0500. The van der Waals surface area contributed by atoms with Crippen LogP contribution in [0.4, 0.5) is 0 Å². The molecule has 0 radical (unpaired) electrons. The summed E-state index contributed by atoms with van der Waals surface area (Å²) in [6.07, 6.45) is 7.45. The van der Waals surface area contributed by atoms with Gasteiger partial charge in [0.1, 0.15) is 0 Å². The first-order valence-electron chi connectivity index (χ1n) is 7.29. The van der Waals surface area contributed by atoms with Gasteiger partial charge in [-0.1, -0.05) is 42.5 Å². The van der Waals surface area contributed by atoms with Crippen LogP contribution in [0.15, 0.2) is 54.7 Å². The summed E-state index contributed by atoms with van der Waals surface area (Å²) in [5, 5.41) is 2.69. The molecule has 3 aromatic rings. The van der Waals surface area contributed by atoms with Gasteiger partial charge in [-0.05, 0) is 57.3 Å². The van der Waals surface area contributed by atoms with Crippen molar-refractivity contribution in [3.8, 4) is 11.1 Å². The van der Waals surface area contributed by atoms with E-state index < -0.39 is 0 Å². The number of rotatable bonds is 0. The highest BCUT2D eigenvalue weighted by Gasteiger charge is 2.17. The third-order valence-corrected chi connectivity index (χ3v) is 4.52. The maximum atomic E-state index is 4.50. The number of benzene rings is 2. The fourth-order valence-corrected chi connectivity index (χ4v) is 3.49. The number of hydrogen-bond acceptors (Lipinski definition) is 1. The third kappa shape index (κ3) is 1.49. The first-order chi connectivity index (χ1) is 10.4. The van der Waals surface area contributed by atoms with Crippen LogP contribution < -0.4 is 10.4 Å². The van der Waals surface area contributed by atoms with Crippen LogP contribution in [0.5, 0.6) is 0 Å². The topological polar surface area (TPSA) is 12.9 Å². The van der Waals surface area contributed by atoms with Crippen LogP contribution in [0.3, 0.4) is 0 Å². The van der Waals surface area contributed by atoms with E-state index in [1.54, 1.807) is 0 Å². The average molecular weight is 267 g/mol. The Hall–Kier alpha value is -2.67. The van der Waals surface area contributed by atoms with Gasteiger partial charge in [-0.2, -0.15) is 0 Å². The van der Waals surface area contributed by atoms with E-state index >= 15 is 0 Å². The van der Waals surface area contributed by atoms with E-state index in [1.807, 2.05) is 12.3 Å². The average Bonchev–Trinajstić information content (AvgIpc) is 2.92. The Kier molecular flexibility index (Phi) is 2.06. The van der Waals surface area contributed by atoms with Gasteiger partial charge in [0.2, 0.25) is 0 Å². The van der Waals surface area contributed by atoms with Crippen molar-refractivity contribution in [1.82, 2.24) is 4.98 Å². The molecule has 0 amide bonds. The Morgan fingerprint density at radius 3 is 2.67 bits per heavy atom. The lowest BCUT2D eigenvalue weighted by molar-refractivity contribution is 1.13. The molecular weight excluding hydrogens is 254 g/mol. The fourth-order valence-electron chi connectivity index (χ4n) is 3.49. The second kappa shape index (κ2) is 3.92. The van der Waals surface area contributed by atoms with Gasteiger partial charge in [-0.15, -0.1) is 0 Å². The molecule has 1 heteroatoms. The van der Waals surface area contributed by atoms with Crippen LogP contribution in [0, 0.1) is 0 Å². The van der Waals surface area contributed by atoms with E-state index in [9.17, 15) is 0 Å². The van der Waals surface area contributed by atoms with Gasteiger partial charge in [-0.3, -0.25) is 4.98 Å². The Labute approximate surface area is 122 Å². The number of hydrogen-bond donors (Lipinski definition) is 0. The van der Waals surface area contributed by atoms with Crippen LogP contribution >= 0.6 is 0 Å². The number of pyridine rings is 1. The maximum absolute atomic E-state index is 4.50. The van der Waals surface area contributed by atoms with Crippen LogP contribution in [0.2, 0.25) is 0 Å².